The number of aryl methyl sites for hydroxylation is 3. The highest BCUT2D eigenvalue weighted by Crippen LogP contribution is 2.18. The van der Waals surface area contributed by atoms with Crippen molar-refractivity contribution in [3.8, 4) is 5.69 Å². The number of nitrogens with one attached hydrogen (secondary N) is 1. The number of amides is 1. The zero-order valence-electron chi connectivity index (χ0n) is 17.6. The Labute approximate surface area is 184 Å². The summed E-state index contributed by atoms with van der Waals surface area (Å²) in [6, 6.07) is 13.6. The molecular formula is C23H23N5O2S. The summed E-state index contributed by atoms with van der Waals surface area (Å²) in [4.78, 5) is 25.2. The van der Waals surface area contributed by atoms with Crippen molar-refractivity contribution < 1.29 is 4.79 Å². The van der Waals surface area contributed by atoms with Crippen LogP contribution in [0.1, 0.15) is 23.6 Å². The van der Waals surface area contributed by atoms with Crippen molar-refractivity contribution in [2.75, 3.05) is 11.1 Å². The van der Waals surface area contributed by atoms with Crippen molar-refractivity contribution >= 4 is 29.0 Å². The minimum Gasteiger partial charge on any atom is -0.325 e. The number of carbonyl (C=O) groups excluding carboxylic acids is 1. The summed E-state index contributed by atoms with van der Waals surface area (Å²) in [5, 5.41) is 11.5. The van der Waals surface area contributed by atoms with E-state index in [4.69, 9.17) is 0 Å². The molecule has 0 radical (unpaired) electrons. The van der Waals surface area contributed by atoms with Crippen LogP contribution >= 0.6 is 11.8 Å². The van der Waals surface area contributed by atoms with Gasteiger partial charge in [-0.2, -0.15) is 0 Å². The molecule has 0 aliphatic heterocycles. The van der Waals surface area contributed by atoms with E-state index in [1.54, 1.807) is 21.4 Å². The third-order valence-corrected chi connectivity index (χ3v) is 6.13. The molecule has 7 nitrogen and oxygen atoms in total. The highest BCUT2D eigenvalue weighted by molar-refractivity contribution is 7.99. The molecule has 1 amide bonds. The van der Waals surface area contributed by atoms with Crippen molar-refractivity contribution in [2.45, 2.75) is 32.3 Å². The lowest BCUT2D eigenvalue weighted by molar-refractivity contribution is -0.113. The highest BCUT2D eigenvalue weighted by atomic mass is 32.2. The largest absolute Gasteiger partial charge is 0.325 e. The van der Waals surface area contributed by atoms with Crippen LogP contribution in [-0.4, -0.2) is 30.8 Å². The topological polar surface area (TPSA) is 81.3 Å². The van der Waals surface area contributed by atoms with E-state index < -0.39 is 0 Å². The maximum atomic E-state index is 12.9. The lowest BCUT2D eigenvalue weighted by atomic mass is 10.1. The number of fused-ring (bicyclic) bond motifs is 1. The quantitative estimate of drug-likeness (QED) is 0.468. The number of rotatable bonds is 6. The van der Waals surface area contributed by atoms with E-state index in [2.05, 4.69) is 22.4 Å². The number of hydrogen-bond donors (Lipinski definition) is 1. The van der Waals surface area contributed by atoms with Crippen LogP contribution in [0.2, 0.25) is 0 Å². The molecule has 2 heterocycles. The van der Waals surface area contributed by atoms with Crippen molar-refractivity contribution in [1.29, 1.82) is 0 Å². The summed E-state index contributed by atoms with van der Waals surface area (Å²) in [5.74, 6) is 0.0192. The Bertz CT molecular complexity index is 1310. The molecule has 0 spiro atoms. The number of hydrogen-bond acceptors (Lipinski definition) is 5. The standard InChI is InChI=1S/C23H23N5O2S/c1-4-17-6-8-18(9-7-17)24-20(29)14-31-23-26-25-21-22(30)27(11-12-28(21)23)19-10-5-15(2)16(3)13-19/h5-13H,4,14H2,1-3H3,(H,24,29). The van der Waals surface area contributed by atoms with Gasteiger partial charge >= 0.3 is 5.56 Å². The number of thioether (sulfide) groups is 1. The summed E-state index contributed by atoms with van der Waals surface area (Å²) < 4.78 is 3.17. The monoisotopic (exact) mass is 433 g/mol. The Morgan fingerprint density at radius 2 is 1.81 bits per heavy atom. The van der Waals surface area contributed by atoms with Crippen molar-refractivity contribution in [3.05, 3.63) is 81.9 Å². The van der Waals surface area contributed by atoms with E-state index in [1.807, 2.05) is 56.3 Å². The molecule has 4 rings (SSSR count). The molecule has 0 atom stereocenters. The van der Waals surface area contributed by atoms with Crippen LogP contribution in [0, 0.1) is 13.8 Å². The first-order valence-electron chi connectivity index (χ1n) is 10.0. The van der Waals surface area contributed by atoms with E-state index in [9.17, 15) is 9.59 Å². The molecule has 4 aromatic rings. The molecule has 8 heteroatoms. The van der Waals surface area contributed by atoms with Crippen LogP contribution in [-0.2, 0) is 11.2 Å². The second-order valence-electron chi connectivity index (χ2n) is 7.31. The second-order valence-corrected chi connectivity index (χ2v) is 8.25. The van der Waals surface area contributed by atoms with E-state index in [1.165, 1.54) is 22.9 Å². The third-order valence-electron chi connectivity index (χ3n) is 5.19. The van der Waals surface area contributed by atoms with Gasteiger partial charge < -0.3 is 5.32 Å². The molecule has 0 aliphatic rings. The lowest BCUT2D eigenvalue weighted by Crippen LogP contribution is -2.20. The van der Waals surface area contributed by atoms with Crippen LogP contribution in [0.5, 0.6) is 0 Å². The summed E-state index contributed by atoms with van der Waals surface area (Å²) >= 11 is 1.24. The smallest absolute Gasteiger partial charge is 0.300 e. The molecule has 2 aromatic carbocycles. The van der Waals surface area contributed by atoms with Gasteiger partial charge in [-0.25, -0.2) is 0 Å². The Kier molecular flexibility index (Phi) is 5.90. The fourth-order valence-electron chi connectivity index (χ4n) is 3.19. The van der Waals surface area contributed by atoms with Gasteiger partial charge in [0, 0.05) is 23.8 Å². The number of carbonyl (C=O) groups is 1. The summed E-state index contributed by atoms with van der Waals surface area (Å²) in [6.45, 7) is 6.13. The number of nitrogens with zero attached hydrogens (tertiary/aromatic N) is 4. The predicted molar refractivity (Wildman–Crippen MR) is 123 cm³/mol. The van der Waals surface area contributed by atoms with E-state index in [-0.39, 0.29) is 22.9 Å². The first-order valence-corrected chi connectivity index (χ1v) is 11.0. The fraction of sp³-hybridized carbons (Fsp3) is 0.217. The van der Waals surface area contributed by atoms with Gasteiger partial charge in [-0.15, -0.1) is 10.2 Å². The molecule has 158 valence electrons. The second kappa shape index (κ2) is 8.77. The Hall–Kier alpha value is -3.39. The van der Waals surface area contributed by atoms with Gasteiger partial charge in [0.05, 0.1) is 5.75 Å². The van der Waals surface area contributed by atoms with Gasteiger partial charge in [0.25, 0.3) is 0 Å². The first-order chi connectivity index (χ1) is 15.0. The van der Waals surface area contributed by atoms with Gasteiger partial charge in [0.1, 0.15) is 0 Å². The molecule has 0 fully saturated rings. The van der Waals surface area contributed by atoms with E-state index in [0.29, 0.717) is 5.16 Å². The average Bonchev–Trinajstić information content (AvgIpc) is 3.19. The Morgan fingerprint density at radius 1 is 1.03 bits per heavy atom. The maximum absolute atomic E-state index is 12.9. The summed E-state index contributed by atoms with van der Waals surface area (Å²) in [7, 11) is 0. The lowest BCUT2D eigenvalue weighted by Gasteiger charge is -2.09. The number of anilines is 1. The van der Waals surface area contributed by atoms with Gasteiger partial charge in [-0.3, -0.25) is 18.6 Å². The van der Waals surface area contributed by atoms with E-state index in [0.717, 1.165) is 23.4 Å². The van der Waals surface area contributed by atoms with Crippen molar-refractivity contribution in [2.24, 2.45) is 0 Å². The predicted octanol–water partition coefficient (Wildman–Crippen LogP) is 3.79. The minimum atomic E-state index is -0.259. The van der Waals surface area contributed by atoms with Crippen LogP contribution in [0.15, 0.2) is 64.8 Å². The van der Waals surface area contributed by atoms with E-state index >= 15 is 0 Å². The Morgan fingerprint density at radius 3 is 2.52 bits per heavy atom. The average molecular weight is 434 g/mol. The summed E-state index contributed by atoms with van der Waals surface area (Å²) in [5.41, 5.74) is 4.99. The first kappa shape index (κ1) is 20.9. The highest BCUT2D eigenvalue weighted by Gasteiger charge is 2.14. The molecule has 0 saturated heterocycles. The molecule has 0 aliphatic carbocycles. The number of aromatic nitrogens is 4. The van der Waals surface area contributed by atoms with Crippen LogP contribution < -0.4 is 10.9 Å². The van der Waals surface area contributed by atoms with Crippen molar-refractivity contribution in [3.63, 3.8) is 0 Å². The fourth-order valence-corrected chi connectivity index (χ4v) is 3.91. The van der Waals surface area contributed by atoms with Gasteiger partial charge in [-0.05, 0) is 61.2 Å². The molecular weight excluding hydrogens is 410 g/mol. The van der Waals surface area contributed by atoms with Gasteiger partial charge in [-0.1, -0.05) is 36.9 Å². The molecule has 1 N–H and O–H groups in total. The molecule has 2 aromatic heterocycles. The number of benzene rings is 2. The normalized spacial score (nSPS) is 11.1. The maximum Gasteiger partial charge on any atom is 0.300 e. The van der Waals surface area contributed by atoms with Crippen LogP contribution in [0.3, 0.4) is 0 Å². The van der Waals surface area contributed by atoms with Crippen LogP contribution in [0.4, 0.5) is 5.69 Å². The minimum absolute atomic E-state index is 0.144. The Balaban J connectivity index is 1.50. The molecule has 0 unspecified atom stereocenters. The van der Waals surface area contributed by atoms with Gasteiger partial charge in [0.15, 0.2) is 5.16 Å². The SMILES string of the molecule is CCc1ccc(NC(=O)CSc2nnc3c(=O)n(-c4ccc(C)c(C)c4)ccn23)cc1. The van der Waals surface area contributed by atoms with Gasteiger partial charge in [0.2, 0.25) is 11.6 Å². The summed E-state index contributed by atoms with van der Waals surface area (Å²) in [6.07, 6.45) is 4.40. The zero-order chi connectivity index (χ0) is 22.0. The molecule has 0 saturated carbocycles. The third kappa shape index (κ3) is 4.39. The molecule has 0 bridgehead atoms. The molecule has 31 heavy (non-hydrogen) atoms. The zero-order valence-corrected chi connectivity index (χ0v) is 18.4. The van der Waals surface area contributed by atoms with Crippen LogP contribution in [0.25, 0.3) is 11.3 Å². The van der Waals surface area contributed by atoms with Crippen molar-refractivity contribution in [1.82, 2.24) is 19.2 Å².